The zero-order valence-corrected chi connectivity index (χ0v) is 23.8. The number of fused-ring (bicyclic) bond motifs is 2. The summed E-state index contributed by atoms with van der Waals surface area (Å²) in [5.74, 6) is 0. The Morgan fingerprint density at radius 2 is 0.929 bits per heavy atom. The molecule has 0 saturated carbocycles. The van der Waals surface area contributed by atoms with E-state index in [4.69, 9.17) is 0 Å². The molecule has 4 rings (SSSR count). The molecule has 28 heavy (non-hydrogen) atoms. The van der Waals surface area contributed by atoms with E-state index < -0.39 is 0 Å². The smallest absolute Gasteiger partial charge is 0.0307 e. The second kappa shape index (κ2) is 18.4. The van der Waals surface area contributed by atoms with Crippen molar-refractivity contribution in [3.8, 4) is 0 Å². The maximum absolute atomic E-state index is 2.20. The molecule has 0 saturated heterocycles. The van der Waals surface area contributed by atoms with Gasteiger partial charge in [-0.3, -0.25) is 0 Å². The van der Waals surface area contributed by atoms with Crippen molar-refractivity contribution in [2.24, 2.45) is 0 Å². The van der Waals surface area contributed by atoms with Crippen LogP contribution in [-0.2, 0) is 25.8 Å². The van der Waals surface area contributed by atoms with E-state index >= 15 is 0 Å². The standard InChI is InChI=1S/2C10H9.C2H6Si.2CH3.2ClH.Hf/c2*1-8-6-9-4-2-3-5-10(9)7-8;1-3-2;;;;;/h2*2-7H,1H3;1-2H3;2*1H3;2*1H;/q2*-1;;2*-1;;;/p-2. The summed E-state index contributed by atoms with van der Waals surface area (Å²) < 4.78 is 0. The van der Waals surface area contributed by atoms with Crippen molar-refractivity contribution < 1.29 is 50.7 Å². The van der Waals surface area contributed by atoms with Crippen molar-refractivity contribution in [3.05, 3.63) is 98.8 Å². The van der Waals surface area contributed by atoms with Gasteiger partial charge in [0.25, 0.3) is 0 Å². The molecule has 154 valence electrons. The van der Waals surface area contributed by atoms with Gasteiger partial charge >= 0.3 is 0 Å². The number of hydrogen-bond donors (Lipinski definition) is 0. The number of benzene rings is 2. The Hall–Kier alpha value is -0.673. The van der Waals surface area contributed by atoms with Crippen molar-refractivity contribution in [1.29, 1.82) is 0 Å². The molecule has 0 aliphatic rings. The molecule has 0 unspecified atom stereocenters. The van der Waals surface area contributed by atoms with Gasteiger partial charge in [-0.15, -0.1) is 81.2 Å². The van der Waals surface area contributed by atoms with Crippen LogP contribution in [0, 0.1) is 28.7 Å². The maximum Gasteiger partial charge on any atom is 0.0307 e. The summed E-state index contributed by atoms with van der Waals surface area (Å²) in [6, 6.07) is 25.7. The third-order valence-corrected chi connectivity index (χ3v) is 3.52. The van der Waals surface area contributed by atoms with Gasteiger partial charge in [0.15, 0.2) is 0 Å². The van der Waals surface area contributed by atoms with Gasteiger partial charge in [0.2, 0.25) is 0 Å². The topological polar surface area (TPSA) is 0 Å². The molecule has 0 bridgehead atoms. The summed E-state index contributed by atoms with van der Waals surface area (Å²) in [6.07, 6.45) is 0. The fourth-order valence-electron chi connectivity index (χ4n) is 2.61. The van der Waals surface area contributed by atoms with Gasteiger partial charge in [0.05, 0.1) is 0 Å². The fraction of sp³-hybridized carbons (Fsp3) is 0.167. The molecule has 2 radical (unpaired) electrons. The largest absolute Gasteiger partial charge is 1.00 e. The Morgan fingerprint density at radius 3 is 1.21 bits per heavy atom. The number of rotatable bonds is 0. The van der Waals surface area contributed by atoms with E-state index in [1.807, 2.05) is 0 Å². The summed E-state index contributed by atoms with van der Waals surface area (Å²) >= 11 is 0. The molecule has 0 aliphatic heterocycles. The molecular weight excluding hydrogens is 566 g/mol. The zero-order chi connectivity index (χ0) is 16.7. The van der Waals surface area contributed by atoms with Crippen LogP contribution in [0.2, 0.25) is 13.1 Å². The first-order chi connectivity index (χ1) is 11.1. The van der Waals surface area contributed by atoms with E-state index in [1.54, 1.807) is 0 Å². The van der Waals surface area contributed by atoms with Gasteiger partial charge in [-0.2, -0.15) is 12.1 Å². The Kier molecular flexibility index (Phi) is 22.8. The molecule has 0 spiro atoms. The maximum atomic E-state index is 2.20. The average molecular weight is 596 g/mol. The first-order valence-electron chi connectivity index (χ1n) is 7.96. The van der Waals surface area contributed by atoms with Crippen LogP contribution < -0.4 is 24.8 Å². The van der Waals surface area contributed by atoms with Crippen LogP contribution in [0.25, 0.3) is 21.5 Å². The molecule has 0 amide bonds. The third-order valence-electron chi connectivity index (χ3n) is 3.52. The minimum atomic E-state index is 0. The molecule has 0 fully saturated rings. The Morgan fingerprint density at radius 1 is 0.643 bits per heavy atom. The predicted molar refractivity (Wildman–Crippen MR) is 119 cm³/mol. The zero-order valence-electron chi connectivity index (χ0n) is 17.7. The summed E-state index contributed by atoms with van der Waals surface area (Å²) in [5.41, 5.74) is 2.70. The first-order valence-corrected chi connectivity index (χ1v) is 9.96. The van der Waals surface area contributed by atoms with Gasteiger partial charge in [0, 0.05) is 35.4 Å². The first kappa shape index (κ1) is 34.8. The van der Waals surface area contributed by atoms with Gasteiger partial charge < -0.3 is 39.7 Å². The van der Waals surface area contributed by atoms with Crippen molar-refractivity contribution in [3.63, 3.8) is 0 Å². The van der Waals surface area contributed by atoms with Gasteiger partial charge in [0.1, 0.15) is 0 Å². The van der Waals surface area contributed by atoms with Crippen LogP contribution >= 0.6 is 0 Å². The van der Waals surface area contributed by atoms with Crippen molar-refractivity contribution in [2.45, 2.75) is 26.9 Å². The van der Waals surface area contributed by atoms with E-state index in [9.17, 15) is 0 Å². The molecular formula is C24H30Cl2HfSi-6. The molecule has 0 N–H and O–H groups in total. The van der Waals surface area contributed by atoms with Crippen LogP contribution in [0.1, 0.15) is 11.1 Å². The summed E-state index contributed by atoms with van der Waals surface area (Å²) in [5, 5.41) is 5.39. The van der Waals surface area contributed by atoms with E-state index in [0.717, 1.165) is 9.52 Å². The summed E-state index contributed by atoms with van der Waals surface area (Å²) in [7, 11) is 1.08. The minimum absolute atomic E-state index is 0. The Balaban J connectivity index is -0.000000156. The van der Waals surface area contributed by atoms with Crippen molar-refractivity contribution >= 4 is 31.1 Å². The minimum Gasteiger partial charge on any atom is -1.00 e. The van der Waals surface area contributed by atoms with Crippen LogP contribution in [-0.4, -0.2) is 9.52 Å². The molecule has 0 atom stereocenters. The average Bonchev–Trinajstić information content (AvgIpc) is 3.08. The summed E-state index contributed by atoms with van der Waals surface area (Å²) in [6.45, 7) is 8.56. The predicted octanol–water partition coefficient (Wildman–Crippen LogP) is 1.43. The molecule has 0 aliphatic carbocycles. The van der Waals surface area contributed by atoms with E-state index in [2.05, 4.69) is 99.7 Å². The fourth-order valence-corrected chi connectivity index (χ4v) is 2.61. The van der Waals surface area contributed by atoms with Gasteiger partial charge in [-0.25, -0.2) is 0 Å². The molecule has 0 nitrogen and oxygen atoms in total. The number of halogens is 2. The Labute approximate surface area is 206 Å². The number of hydrogen-bond acceptors (Lipinski definition) is 0. The molecule has 4 aromatic rings. The monoisotopic (exact) mass is 596 g/mol. The molecule has 4 aromatic carbocycles. The third kappa shape index (κ3) is 10.8. The number of aryl methyl sites for hydroxylation is 2. The second-order valence-electron chi connectivity index (χ2n) is 5.82. The molecule has 0 heterocycles. The molecule has 4 heteroatoms. The quantitative estimate of drug-likeness (QED) is 0.213. The van der Waals surface area contributed by atoms with Crippen LogP contribution in [0.3, 0.4) is 0 Å². The normalized spacial score (nSPS) is 8.14. The van der Waals surface area contributed by atoms with Crippen LogP contribution in [0.15, 0.2) is 72.8 Å². The van der Waals surface area contributed by atoms with Gasteiger partial charge in [-0.1, -0.05) is 39.1 Å². The second-order valence-corrected chi connectivity index (χ2v) is 6.82. The SMILES string of the molecule is C[Si]C.Cc1cc2ccccc2[cH-]1.Cc1cc2ccccc2[cH-]1.[CH3-].[CH3-].[Cl-].[Cl-].[Hf]. The van der Waals surface area contributed by atoms with Crippen molar-refractivity contribution in [2.75, 3.05) is 0 Å². The van der Waals surface area contributed by atoms with Gasteiger partial charge in [-0.05, 0) is 0 Å². The van der Waals surface area contributed by atoms with Crippen LogP contribution in [0.5, 0.6) is 0 Å². The van der Waals surface area contributed by atoms with Crippen molar-refractivity contribution in [1.82, 2.24) is 0 Å². The Bertz CT molecular complexity index is 727. The summed E-state index contributed by atoms with van der Waals surface area (Å²) in [4.78, 5) is 0. The van der Waals surface area contributed by atoms with E-state index in [1.165, 1.54) is 32.7 Å². The van der Waals surface area contributed by atoms with E-state index in [-0.39, 0.29) is 65.5 Å². The van der Waals surface area contributed by atoms with Crippen LogP contribution in [0.4, 0.5) is 0 Å². The molecule has 0 aromatic heterocycles. The van der Waals surface area contributed by atoms with E-state index in [0.29, 0.717) is 0 Å².